The number of fused-ring (bicyclic) bond motifs is 1. The fraction of sp³-hybridized carbons (Fsp3) is 0.316. The molecule has 150 valence electrons. The summed E-state index contributed by atoms with van der Waals surface area (Å²) in [6.07, 6.45) is 2.14. The third kappa shape index (κ3) is 3.63. The Balaban J connectivity index is 1.43. The summed E-state index contributed by atoms with van der Waals surface area (Å²) >= 11 is 1.40. The molecule has 0 aliphatic rings. The summed E-state index contributed by atoms with van der Waals surface area (Å²) in [5.41, 5.74) is 2.14. The highest BCUT2D eigenvalue weighted by atomic mass is 32.2. The Labute approximate surface area is 170 Å². The van der Waals surface area contributed by atoms with E-state index < -0.39 is 0 Å². The predicted molar refractivity (Wildman–Crippen MR) is 110 cm³/mol. The van der Waals surface area contributed by atoms with Crippen LogP contribution in [0.4, 0.5) is 0 Å². The van der Waals surface area contributed by atoms with Crippen molar-refractivity contribution in [2.24, 2.45) is 14.1 Å². The molecule has 4 aromatic rings. The number of imidazole rings is 1. The van der Waals surface area contributed by atoms with Gasteiger partial charge >= 0.3 is 5.69 Å². The van der Waals surface area contributed by atoms with E-state index in [-0.39, 0.29) is 11.2 Å². The van der Waals surface area contributed by atoms with Gasteiger partial charge in [-0.2, -0.15) is 0 Å². The van der Waals surface area contributed by atoms with Gasteiger partial charge in [-0.3, -0.25) is 13.9 Å². The molecule has 0 aliphatic carbocycles. The number of aryl methyl sites for hydroxylation is 3. The quantitative estimate of drug-likeness (QED) is 0.352. The summed E-state index contributed by atoms with van der Waals surface area (Å²) in [5, 5.41) is 8.59. The number of hydrogen-bond acceptors (Lipinski definition) is 7. The topological polar surface area (TPSA) is 101 Å². The number of benzene rings is 1. The standard InChI is InChI=1S/C19H20N6O3S/c1-12-5-7-13(8-6-12)16-21-22-18(28-16)29-10-4-9-25-17(26)14-15(20-11-23(14)2)24(3)19(25)27/h5-8,11H,4,9-10H2,1-3H3. The SMILES string of the molecule is Cc1ccc(-c2nnc(SCCCn3c(=O)c4c(ncn4C)n(C)c3=O)o2)cc1. The van der Waals surface area contributed by atoms with Crippen molar-refractivity contribution in [3.63, 3.8) is 0 Å². The molecule has 3 aromatic heterocycles. The van der Waals surface area contributed by atoms with Crippen LogP contribution in [0.2, 0.25) is 0 Å². The summed E-state index contributed by atoms with van der Waals surface area (Å²) in [7, 11) is 3.36. The van der Waals surface area contributed by atoms with Gasteiger partial charge in [-0.25, -0.2) is 9.78 Å². The van der Waals surface area contributed by atoms with Crippen molar-refractivity contribution in [3.8, 4) is 11.5 Å². The molecule has 0 unspecified atom stereocenters. The van der Waals surface area contributed by atoms with Crippen LogP contribution in [0.15, 0.2) is 49.8 Å². The molecule has 0 aliphatic heterocycles. The zero-order chi connectivity index (χ0) is 20.5. The van der Waals surface area contributed by atoms with Gasteiger partial charge in [-0.15, -0.1) is 10.2 Å². The van der Waals surface area contributed by atoms with Crippen molar-refractivity contribution in [2.75, 3.05) is 5.75 Å². The summed E-state index contributed by atoms with van der Waals surface area (Å²) < 4.78 is 9.96. The molecule has 0 spiro atoms. The molecule has 0 amide bonds. The van der Waals surface area contributed by atoms with Gasteiger partial charge in [-0.05, 0) is 25.5 Å². The van der Waals surface area contributed by atoms with Crippen LogP contribution in [-0.4, -0.2) is 34.6 Å². The minimum absolute atomic E-state index is 0.304. The fourth-order valence-corrected chi connectivity index (χ4v) is 3.74. The summed E-state index contributed by atoms with van der Waals surface area (Å²) in [6.45, 7) is 2.32. The Hall–Kier alpha value is -3.14. The van der Waals surface area contributed by atoms with Gasteiger partial charge in [-0.1, -0.05) is 29.5 Å². The molecule has 29 heavy (non-hydrogen) atoms. The third-order valence-corrected chi connectivity index (χ3v) is 5.56. The van der Waals surface area contributed by atoms with Crippen LogP contribution in [0.3, 0.4) is 0 Å². The van der Waals surface area contributed by atoms with Crippen molar-refractivity contribution < 1.29 is 4.42 Å². The lowest BCUT2D eigenvalue weighted by Gasteiger charge is -2.08. The van der Waals surface area contributed by atoms with Gasteiger partial charge in [0.05, 0.1) is 6.33 Å². The van der Waals surface area contributed by atoms with Crippen molar-refractivity contribution in [1.29, 1.82) is 0 Å². The number of aromatic nitrogens is 6. The molecule has 1 aromatic carbocycles. The van der Waals surface area contributed by atoms with Crippen LogP contribution in [-0.2, 0) is 20.6 Å². The lowest BCUT2D eigenvalue weighted by molar-refractivity contribution is 0.465. The monoisotopic (exact) mass is 412 g/mol. The van der Waals surface area contributed by atoms with Gasteiger partial charge in [0.2, 0.25) is 5.89 Å². The van der Waals surface area contributed by atoms with Crippen molar-refractivity contribution in [3.05, 3.63) is 57.0 Å². The first-order valence-corrected chi connectivity index (χ1v) is 10.1. The van der Waals surface area contributed by atoms with Crippen LogP contribution in [0.1, 0.15) is 12.0 Å². The number of hydrogen-bond donors (Lipinski definition) is 0. The lowest BCUT2D eigenvalue weighted by Crippen LogP contribution is -2.39. The molecule has 0 bridgehead atoms. The normalized spacial score (nSPS) is 11.4. The Morgan fingerprint density at radius 1 is 1.10 bits per heavy atom. The van der Waals surface area contributed by atoms with E-state index >= 15 is 0 Å². The van der Waals surface area contributed by atoms with Gasteiger partial charge in [0.25, 0.3) is 10.8 Å². The highest BCUT2D eigenvalue weighted by Crippen LogP contribution is 2.23. The Kier molecular flexibility index (Phi) is 5.10. The third-order valence-electron chi connectivity index (χ3n) is 4.66. The molecule has 0 saturated carbocycles. The zero-order valence-corrected chi connectivity index (χ0v) is 17.1. The highest BCUT2D eigenvalue weighted by molar-refractivity contribution is 7.99. The van der Waals surface area contributed by atoms with Crippen molar-refractivity contribution in [1.82, 2.24) is 28.9 Å². The Morgan fingerprint density at radius 3 is 2.62 bits per heavy atom. The maximum Gasteiger partial charge on any atom is 0.332 e. The maximum atomic E-state index is 12.7. The fourth-order valence-electron chi connectivity index (χ4n) is 3.06. The zero-order valence-electron chi connectivity index (χ0n) is 16.3. The largest absolute Gasteiger partial charge is 0.411 e. The van der Waals surface area contributed by atoms with E-state index in [4.69, 9.17) is 4.42 Å². The Bertz CT molecular complexity index is 1280. The first-order valence-electron chi connectivity index (χ1n) is 9.10. The molecule has 0 saturated heterocycles. The first-order chi connectivity index (χ1) is 14.0. The van der Waals surface area contributed by atoms with E-state index in [2.05, 4.69) is 15.2 Å². The van der Waals surface area contributed by atoms with Crippen LogP contribution >= 0.6 is 11.8 Å². The van der Waals surface area contributed by atoms with Crippen LogP contribution in [0, 0.1) is 6.92 Å². The minimum atomic E-state index is -0.370. The van der Waals surface area contributed by atoms with Gasteiger partial charge in [0, 0.05) is 32.0 Å². The first kappa shape index (κ1) is 19.2. The van der Waals surface area contributed by atoms with E-state index in [1.165, 1.54) is 27.2 Å². The average molecular weight is 412 g/mol. The van der Waals surface area contributed by atoms with E-state index in [0.717, 1.165) is 11.1 Å². The molecular weight excluding hydrogens is 392 g/mol. The highest BCUT2D eigenvalue weighted by Gasteiger charge is 2.15. The number of rotatable bonds is 6. The molecular formula is C19H20N6O3S. The summed E-state index contributed by atoms with van der Waals surface area (Å²) in [5.74, 6) is 1.11. The van der Waals surface area contributed by atoms with Crippen LogP contribution < -0.4 is 11.2 Å². The molecule has 3 heterocycles. The Morgan fingerprint density at radius 2 is 1.86 bits per heavy atom. The lowest BCUT2D eigenvalue weighted by atomic mass is 10.1. The van der Waals surface area contributed by atoms with E-state index in [0.29, 0.717) is 41.0 Å². The molecule has 9 nitrogen and oxygen atoms in total. The summed E-state index contributed by atoms with van der Waals surface area (Å²) in [4.78, 5) is 29.3. The molecule has 10 heteroatoms. The number of nitrogens with zero attached hydrogens (tertiary/aromatic N) is 6. The van der Waals surface area contributed by atoms with Crippen molar-refractivity contribution in [2.45, 2.75) is 25.1 Å². The van der Waals surface area contributed by atoms with Gasteiger partial charge in [0.1, 0.15) is 0 Å². The second-order valence-corrected chi connectivity index (χ2v) is 7.81. The smallest absolute Gasteiger partial charge is 0.332 e. The molecule has 0 N–H and O–H groups in total. The van der Waals surface area contributed by atoms with E-state index in [9.17, 15) is 9.59 Å². The second kappa shape index (κ2) is 7.70. The molecule has 4 rings (SSSR count). The average Bonchev–Trinajstić information content (AvgIpc) is 3.33. The molecule has 0 fully saturated rings. The van der Waals surface area contributed by atoms with E-state index in [1.54, 1.807) is 18.7 Å². The maximum absolute atomic E-state index is 12.7. The second-order valence-electron chi connectivity index (χ2n) is 6.77. The van der Waals surface area contributed by atoms with E-state index in [1.807, 2.05) is 31.2 Å². The number of thioether (sulfide) groups is 1. The van der Waals surface area contributed by atoms with Crippen LogP contribution in [0.25, 0.3) is 22.6 Å². The predicted octanol–water partition coefficient (Wildman–Crippen LogP) is 1.97. The minimum Gasteiger partial charge on any atom is -0.411 e. The van der Waals surface area contributed by atoms with Crippen LogP contribution in [0.5, 0.6) is 0 Å². The molecule has 0 atom stereocenters. The van der Waals surface area contributed by atoms with Gasteiger partial charge < -0.3 is 8.98 Å². The molecule has 0 radical (unpaired) electrons. The van der Waals surface area contributed by atoms with Crippen molar-refractivity contribution >= 4 is 22.9 Å². The van der Waals surface area contributed by atoms with Gasteiger partial charge in [0.15, 0.2) is 11.2 Å². The summed E-state index contributed by atoms with van der Waals surface area (Å²) in [6, 6.07) is 7.86.